The van der Waals surface area contributed by atoms with Crippen molar-refractivity contribution >= 4 is 15.9 Å². The van der Waals surface area contributed by atoms with Gasteiger partial charge in [-0.05, 0) is 36.6 Å². The lowest BCUT2D eigenvalue weighted by atomic mass is 9.97. The smallest absolute Gasteiger partial charge is 0.0551 e. The summed E-state index contributed by atoms with van der Waals surface area (Å²) in [6.45, 7) is 4.16. The standard InChI is InChI=1S/C15H16BrN/c1-10-3-5-12(6-4-10)15(17)13-7-8-14(16)11(2)9-13/h3-9,15H,17H2,1-2H3. The average molecular weight is 290 g/mol. The molecule has 17 heavy (non-hydrogen) atoms. The molecule has 2 aromatic rings. The zero-order valence-corrected chi connectivity index (χ0v) is 11.7. The Hall–Kier alpha value is -1.12. The van der Waals surface area contributed by atoms with Crippen molar-refractivity contribution in [3.8, 4) is 0 Å². The summed E-state index contributed by atoms with van der Waals surface area (Å²) in [5.41, 5.74) is 11.0. The zero-order valence-electron chi connectivity index (χ0n) is 10.1. The second-order valence-electron chi connectivity index (χ2n) is 4.40. The number of halogens is 1. The number of hydrogen-bond acceptors (Lipinski definition) is 1. The molecule has 1 unspecified atom stereocenters. The third kappa shape index (κ3) is 2.76. The van der Waals surface area contributed by atoms with Crippen LogP contribution in [0.4, 0.5) is 0 Å². The molecule has 0 spiro atoms. The van der Waals surface area contributed by atoms with E-state index < -0.39 is 0 Å². The van der Waals surface area contributed by atoms with Crippen LogP contribution in [-0.4, -0.2) is 0 Å². The van der Waals surface area contributed by atoms with Gasteiger partial charge in [0.15, 0.2) is 0 Å². The molecule has 0 radical (unpaired) electrons. The summed E-state index contributed by atoms with van der Waals surface area (Å²) < 4.78 is 1.12. The first-order valence-corrected chi connectivity index (χ1v) is 6.45. The van der Waals surface area contributed by atoms with Crippen molar-refractivity contribution in [3.05, 3.63) is 69.2 Å². The van der Waals surface area contributed by atoms with E-state index in [0.717, 1.165) is 15.6 Å². The molecular weight excluding hydrogens is 274 g/mol. The highest BCUT2D eigenvalue weighted by atomic mass is 79.9. The Balaban J connectivity index is 2.33. The molecule has 0 saturated carbocycles. The minimum atomic E-state index is -0.0533. The summed E-state index contributed by atoms with van der Waals surface area (Å²) in [6, 6.07) is 14.6. The van der Waals surface area contributed by atoms with E-state index in [1.54, 1.807) is 0 Å². The molecule has 0 aliphatic rings. The lowest BCUT2D eigenvalue weighted by Gasteiger charge is -2.14. The normalized spacial score (nSPS) is 12.5. The van der Waals surface area contributed by atoms with Crippen molar-refractivity contribution in [2.75, 3.05) is 0 Å². The Bertz CT molecular complexity index is 517. The molecule has 2 heteroatoms. The van der Waals surface area contributed by atoms with Crippen LogP contribution in [0.3, 0.4) is 0 Å². The maximum Gasteiger partial charge on any atom is 0.0551 e. The minimum Gasteiger partial charge on any atom is -0.320 e. The van der Waals surface area contributed by atoms with E-state index in [1.807, 2.05) is 0 Å². The summed E-state index contributed by atoms with van der Waals surface area (Å²) >= 11 is 3.50. The van der Waals surface area contributed by atoms with Gasteiger partial charge in [-0.2, -0.15) is 0 Å². The van der Waals surface area contributed by atoms with Crippen LogP contribution in [0.15, 0.2) is 46.9 Å². The number of nitrogens with two attached hydrogens (primary N) is 1. The predicted molar refractivity (Wildman–Crippen MR) is 76.1 cm³/mol. The third-order valence-corrected chi connectivity index (χ3v) is 3.87. The minimum absolute atomic E-state index is 0.0533. The molecule has 1 nitrogen and oxygen atoms in total. The molecule has 0 fully saturated rings. The SMILES string of the molecule is Cc1ccc(C(N)c2ccc(Br)c(C)c2)cc1. The third-order valence-electron chi connectivity index (χ3n) is 2.98. The molecule has 1 atom stereocenters. The van der Waals surface area contributed by atoms with Crippen LogP contribution >= 0.6 is 15.9 Å². The molecule has 88 valence electrons. The van der Waals surface area contributed by atoms with Gasteiger partial charge in [-0.3, -0.25) is 0 Å². The quantitative estimate of drug-likeness (QED) is 0.884. The van der Waals surface area contributed by atoms with E-state index in [-0.39, 0.29) is 6.04 Å². The van der Waals surface area contributed by atoms with E-state index in [9.17, 15) is 0 Å². The average Bonchev–Trinajstić information content (AvgIpc) is 2.33. The maximum absolute atomic E-state index is 6.27. The van der Waals surface area contributed by atoms with Crippen LogP contribution < -0.4 is 5.73 Å². The number of aryl methyl sites for hydroxylation is 2. The van der Waals surface area contributed by atoms with Gasteiger partial charge in [0.25, 0.3) is 0 Å². The highest BCUT2D eigenvalue weighted by molar-refractivity contribution is 9.10. The van der Waals surface area contributed by atoms with Crippen molar-refractivity contribution < 1.29 is 0 Å². The largest absolute Gasteiger partial charge is 0.320 e. The van der Waals surface area contributed by atoms with Crippen LogP contribution in [0.2, 0.25) is 0 Å². The number of benzene rings is 2. The van der Waals surface area contributed by atoms with Gasteiger partial charge in [-0.15, -0.1) is 0 Å². The predicted octanol–water partition coefficient (Wildman–Crippen LogP) is 4.11. The summed E-state index contributed by atoms with van der Waals surface area (Å²) in [5.74, 6) is 0. The van der Waals surface area contributed by atoms with Gasteiger partial charge in [0.05, 0.1) is 6.04 Å². The Morgan fingerprint density at radius 3 is 2.12 bits per heavy atom. The molecule has 2 aromatic carbocycles. The Kier molecular flexibility index (Phi) is 3.65. The monoisotopic (exact) mass is 289 g/mol. The van der Waals surface area contributed by atoms with Gasteiger partial charge in [0.1, 0.15) is 0 Å². The summed E-state index contributed by atoms with van der Waals surface area (Å²) in [4.78, 5) is 0. The lowest BCUT2D eigenvalue weighted by Crippen LogP contribution is -2.11. The maximum atomic E-state index is 6.27. The Labute approximate surface area is 111 Å². The topological polar surface area (TPSA) is 26.0 Å². The Morgan fingerprint density at radius 1 is 0.941 bits per heavy atom. The second-order valence-corrected chi connectivity index (χ2v) is 5.25. The fourth-order valence-electron chi connectivity index (χ4n) is 1.83. The summed E-state index contributed by atoms with van der Waals surface area (Å²) in [5, 5.41) is 0. The highest BCUT2D eigenvalue weighted by Gasteiger charge is 2.09. The van der Waals surface area contributed by atoms with Crippen LogP contribution in [-0.2, 0) is 0 Å². The first-order valence-electron chi connectivity index (χ1n) is 5.66. The molecule has 0 aromatic heterocycles. The lowest BCUT2D eigenvalue weighted by molar-refractivity contribution is 0.868. The van der Waals surface area contributed by atoms with Gasteiger partial charge < -0.3 is 5.73 Å². The van der Waals surface area contributed by atoms with Crippen LogP contribution in [0, 0.1) is 13.8 Å². The number of rotatable bonds is 2. The molecule has 0 aliphatic heterocycles. The van der Waals surface area contributed by atoms with E-state index in [2.05, 4.69) is 72.2 Å². The summed E-state index contributed by atoms with van der Waals surface area (Å²) in [6.07, 6.45) is 0. The van der Waals surface area contributed by atoms with Crippen molar-refractivity contribution in [1.29, 1.82) is 0 Å². The first kappa shape index (κ1) is 12.3. The summed E-state index contributed by atoms with van der Waals surface area (Å²) in [7, 11) is 0. The van der Waals surface area contributed by atoms with Gasteiger partial charge in [0.2, 0.25) is 0 Å². The zero-order chi connectivity index (χ0) is 12.4. The van der Waals surface area contributed by atoms with Crippen molar-refractivity contribution in [3.63, 3.8) is 0 Å². The Morgan fingerprint density at radius 2 is 1.53 bits per heavy atom. The molecule has 0 saturated heterocycles. The molecule has 2 rings (SSSR count). The van der Waals surface area contributed by atoms with E-state index in [1.165, 1.54) is 11.1 Å². The molecule has 0 heterocycles. The van der Waals surface area contributed by atoms with E-state index in [4.69, 9.17) is 5.73 Å². The number of hydrogen-bond donors (Lipinski definition) is 1. The molecule has 0 aliphatic carbocycles. The van der Waals surface area contributed by atoms with Gasteiger partial charge in [-0.25, -0.2) is 0 Å². The highest BCUT2D eigenvalue weighted by Crippen LogP contribution is 2.24. The molecular formula is C15H16BrN. The van der Waals surface area contributed by atoms with Crippen LogP contribution in [0.25, 0.3) is 0 Å². The van der Waals surface area contributed by atoms with E-state index in [0.29, 0.717) is 0 Å². The van der Waals surface area contributed by atoms with Gasteiger partial charge >= 0.3 is 0 Å². The molecule has 0 bridgehead atoms. The van der Waals surface area contributed by atoms with Crippen molar-refractivity contribution in [2.45, 2.75) is 19.9 Å². The van der Waals surface area contributed by atoms with Crippen molar-refractivity contribution in [1.82, 2.24) is 0 Å². The van der Waals surface area contributed by atoms with Crippen LogP contribution in [0.1, 0.15) is 28.3 Å². The van der Waals surface area contributed by atoms with Crippen molar-refractivity contribution in [2.24, 2.45) is 5.73 Å². The van der Waals surface area contributed by atoms with Gasteiger partial charge in [0, 0.05) is 4.47 Å². The molecule has 0 amide bonds. The second kappa shape index (κ2) is 5.03. The first-order chi connectivity index (χ1) is 8.08. The van der Waals surface area contributed by atoms with Crippen LogP contribution in [0.5, 0.6) is 0 Å². The molecule has 2 N–H and O–H groups in total. The fourth-order valence-corrected chi connectivity index (χ4v) is 2.07. The fraction of sp³-hybridized carbons (Fsp3) is 0.200. The van der Waals surface area contributed by atoms with E-state index >= 15 is 0 Å². The van der Waals surface area contributed by atoms with Gasteiger partial charge in [-0.1, -0.05) is 57.9 Å².